The Labute approximate surface area is 167 Å². The van der Waals surface area contributed by atoms with E-state index in [0.29, 0.717) is 22.3 Å². The van der Waals surface area contributed by atoms with Crippen LogP contribution in [0, 0.1) is 12.7 Å². The average molecular weight is 419 g/mol. The zero-order chi connectivity index (χ0) is 21.3. The molecule has 10 heteroatoms. The van der Waals surface area contributed by atoms with E-state index in [-0.39, 0.29) is 29.4 Å². The third kappa shape index (κ3) is 4.17. The molecule has 0 spiro atoms. The molecule has 0 saturated carbocycles. The van der Waals surface area contributed by atoms with Gasteiger partial charge in [-0.15, -0.1) is 13.2 Å². The second-order valence-corrected chi connectivity index (χ2v) is 6.29. The number of rotatable bonds is 5. The highest BCUT2D eigenvalue weighted by Gasteiger charge is 2.31. The highest BCUT2D eigenvalue weighted by molar-refractivity contribution is 5.88. The molecule has 2 aromatic heterocycles. The van der Waals surface area contributed by atoms with Gasteiger partial charge in [-0.3, -0.25) is 0 Å². The van der Waals surface area contributed by atoms with E-state index in [4.69, 9.17) is 9.26 Å². The van der Waals surface area contributed by atoms with E-state index in [1.807, 2.05) is 0 Å². The van der Waals surface area contributed by atoms with Gasteiger partial charge in [0.05, 0.1) is 5.39 Å². The molecule has 0 unspecified atom stereocenters. The van der Waals surface area contributed by atoms with Crippen LogP contribution in [0.4, 0.5) is 17.6 Å². The molecular formula is C20H13F4N3O3. The predicted molar refractivity (Wildman–Crippen MR) is 97.2 cm³/mol. The molecule has 2 heterocycles. The second-order valence-electron chi connectivity index (χ2n) is 6.29. The van der Waals surface area contributed by atoms with Gasteiger partial charge in [0.15, 0.2) is 11.4 Å². The number of ether oxygens (including phenoxy) is 2. The summed E-state index contributed by atoms with van der Waals surface area (Å²) in [6.07, 6.45) is -1.68. The van der Waals surface area contributed by atoms with Crippen LogP contribution >= 0.6 is 0 Å². The normalized spacial score (nSPS) is 11.6. The van der Waals surface area contributed by atoms with E-state index in [2.05, 4.69) is 19.9 Å². The Balaban J connectivity index is 1.67. The van der Waals surface area contributed by atoms with Gasteiger partial charge in [-0.05, 0) is 47.5 Å². The lowest BCUT2D eigenvalue weighted by Crippen LogP contribution is -2.17. The number of hydrogen-bond donors (Lipinski definition) is 0. The van der Waals surface area contributed by atoms with Crippen LogP contribution < -0.4 is 9.47 Å². The summed E-state index contributed by atoms with van der Waals surface area (Å²) in [5, 5.41) is 4.20. The molecule has 0 N–H and O–H groups in total. The molecule has 0 saturated heterocycles. The highest BCUT2D eigenvalue weighted by Crippen LogP contribution is 2.35. The molecule has 6 nitrogen and oxygen atoms in total. The fourth-order valence-corrected chi connectivity index (χ4v) is 2.92. The number of halogens is 4. The maximum absolute atomic E-state index is 14.7. The molecule has 0 aliphatic carbocycles. The molecule has 0 aliphatic heterocycles. The van der Waals surface area contributed by atoms with Gasteiger partial charge in [0.25, 0.3) is 5.88 Å². The standard InChI is InChI=1S/C20H13F4N3O3/c1-11-7-12(29-20(22,23)24)3-4-13(11)14-8-15-17(9-16(14)21)30-27-19(15)28-10-18-25-5-2-6-26-18/h2-9H,10H2,1H3. The van der Waals surface area contributed by atoms with Crippen LogP contribution in [0.2, 0.25) is 0 Å². The van der Waals surface area contributed by atoms with Crippen LogP contribution in [-0.2, 0) is 6.61 Å². The quantitative estimate of drug-likeness (QED) is 0.414. The van der Waals surface area contributed by atoms with Crippen molar-refractivity contribution in [2.45, 2.75) is 19.9 Å². The lowest BCUT2D eigenvalue weighted by Gasteiger charge is -2.12. The SMILES string of the molecule is Cc1cc(OC(F)(F)F)ccc1-c1cc2c(OCc3ncccn3)noc2cc1F. The Morgan fingerprint density at radius 3 is 2.50 bits per heavy atom. The van der Waals surface area contributed by atoms with Crippen LogP contribution in [0.5, 0.6) is 11.6 Å². The molecule has 2 aromatic carbocycles. The first-order valence-electron chi connectivity index (χ1n) is 8.64. The van der Waals surface area contributed by atoms with Gasteiger partial charge in [0, 0.05) is 24.0 Å². The van der Waals surface area contributed by atoms with E-state index >= 15 is 0 Å². The molecule has 0 atom stereocenters. The summed E-state index contributed by atoms with van der Waals surface area (Å²) in [4.78, 5) is 8.07. The van der Waals surface area contributed by atoms with Gasteiger partial charge in [-0.1, -0.05) is 6.07 Å². The van der Waals surface area contributed by atoms with Crippen molar-refractivity contribution in [1.29, 1.82) is 0 Å². The molecule has 4 rings (SSSR count). The first-order chi connectivity index (χ1) is 14.3. The van der Waals surface area contributed by atoms with Crippen LogP contribution in [0.3, 0.4) is 0 Å². The minimum Gasteiger partial charge on any atom is -0.467 e. The number of benzene rings is 2. The second kappa shape index (κ2) is 7.62. The Morgan fingerprint density at radius 1 is 1.03 bits per heavy atom. The smallest absolute Gasteiger partial charge is 0.467 e. The molecule has 0 bridgehead atoms. The van der Waals surface area contributed by atoms with Gasteiger partial charge in [0.2, 0.25) is 0 Å². The molecule has 154 valence electrons. The third-order valence-corrected chi connectivity index (χ3v) is 4.21. The number of nitrogens with zero attached hydrogens (tertiary/aromatic N) is 3. The summed E-state index contributed by atoms with van der Waals surface area (Å²) in [7, 11) is 0. The van der Waals surface area contributed by atoms with Crippen molar-refractivity contribution in [3.05, 3.63) is 66.0 Å². The predicted octanol–water partition coefficient (Wildman–Crippen LogP) is 5.21. The van der Waals surface area contributed by atoms with E-state index in [0.717, 1.165) is 12.1 Å². The molecule has 0 radical (unpaired) electrons. The first kappa shape index (κ1) is 19.6. The van der Waals surface area contributed by atoms with Crippen molar-refractivity contribution in [3.63, 3.8) is 0 Å². The molecule has 0 fully saturated rings. The largest absolute Gasteiger partial charge is 0.573 e. The van der Waals surface area contributed by atoms with Gasteiger partial charge in [-0.2, -0.15) is 0 Å². The topological polar surface area (TPSA) is 70.3 Å². The summed E-state index contributed by atoms with van der Waals surface area (Å²) < 4.78 is 66.5. The van der Waals surface area contributed by atoms with Crippen molar-refractivity contribution in [2.24, 2.45) is 0 Å². The average Bonchev–Trinajstić information content (AvgIpc) is 3.07. The summed E-state index contributed by atoms with van der Waals surface area (Å²) in [5.41, 5.74) is 1.10. The van der Waals surface area contributed by atoms with Crippen LogP contribution in [0.15, 0.2) is 53.3 Å². The minimum absolute atomic E-state index is 0.0255. The molecular weight excluding hydrogens is 406 g/mol. The monoisotopic (exact) mass is 419 g/mol. The minimum atomic E-state index is -4.81. The maximum Gasteiger partial charge on any atom is 0.573 e. The third-order valence-electron chi connectivity index (χ3n) is 4.21. The number of aromatic nitrogens is 3. The number of alkyl halides is 3. The van der Waals surface area contributed by atoms with Gasteiger partial charge >= 0.3 is 6.36 Å². The Hall–Kier alpha value is -3.69. The Morgan fingerprint density at radius 2 is 1.80 bits per heavy atom. The fraction of sp³-hybridized carbons (Fsp3) is 0.150. The Kier molecular flexibility index (Phi) is 4.98. The van der Waals surface area contributed by atoms with Crippen LogP contribution in [0.25, 0.3) is 22.1 Å². The lowest BCUT2D eigenvalue weighted by molar-refractivity contribution is -0.274. The Bertz CT molecular complexity index is 1190. The van der Waals surface area contributed by atoms with Crippen molar-refractivity contribution in [2.75, 3.05) is 0 Å². The van der Waals surface area contributed by atoms with Crippen molar-refractivity contribution < 1.29 is 31.6 Å². The summed E-state index contributed by atoms with van der Waals surface area (Å²) in [6, 6.07) is 7.93. The maximum atomic E-state index is 14.7. The zero-order valence-electron chi connectivity index (χ0n) is 15.4. The highest BCUT2D eigenvalue weighted by atomic mass is 19.4. The van der Waals surface area contributed by atoms with E-state index < -0.39 is 12.2 Å². The number of aryl methyl sites for hydroxylation is 1. The van der Waals surface area contributed by atoms with Crippen molar-refractivity contribution in [3.8, 4) is 22.8 Å². The molecule has 0 amide bonds. The first-order valence-corrected chi connectivity index (χ1v) is 8.64. The van der Waals surface area contributed by atoms with Gasteiger partial charge in [0.1, 0.15) is 18.2 Å². The molecule has 0 aliphatic rings. The summed E-state index contributed by atoms with van der Waals surface area (Å²) >= 11 is 0. The molecule has 30 heavy (non-hydrogen) atoms. The summed E-state index contributed by atoms with van der Waals surface area (Å²) in [5.74, 6) is -0.466. The summed E-state index contributed by atoms with van der Waals surface area (Å²) in [6.45, 7) is 1.58. The zero-order valence-corrected chi connectivity index (χ0v) is 15.4. The number of fused-ring (bicyclic) bond motifs is 1. The molecule has 4 aromatic rings. The lowest BCUT2D eigenvalue weighted by atomic mass is 9.98. The number of hydrogen-bond acceptors (Lipinski definition) is 6. The van der Waals surface area contributed by atoms with Crippen LogP contribution in [0.1, 0.15) is 11.4 Å². The fourth-order valence-electron chi connectivity index (χ4n) is 2.92. The van der Waals surface area contributed by atoms with Gasteiger partial charge < -0.3 is 14.0 Å². The van der Waals surface area contributed by atoms with E-state index in [1.165, 1.54) is 18.2 Å². The van der Waals surface area contributed by atoms with Gasteiger partial charge in [-0.25, -0.2) is 14.4 Å². The van der Waals surface area contributed by atoms with E-state index in [1.54, 1.807) is 25.4 Å². The van der Waals surface area contributed by atoms with Crippen molar-refractivity contribution in [1.82, 2.24) is 15.1 Å². The van der Waals surface area contributed by atoms with Crippen LogP contribution in [-0.4, -0.2) is 21.5 Å². The van der Waals surface area contributed by atoms with Crippen molar-refractivity contribution >= 4 is 11.0 Å². The van der Waals surface area contributed by atoms with E-state index in [9.17, 15) is 17.6 Å².